The average Bonchev–Trinajstić information content (AvgIpc) is 3.19. The number of ether oxygens (including phenoxy) is 1. The quantitative estimate of drug-likeness (QED) is 0.500. The van der Waals surface area contributed by atoms with E-state index in [2.05, 4.69) is 69.9 Å². The van der Waals surface area contributed by atoms with Crippen molar-refractivity contribution < 1.29 is 4.74 Å². The van der Waals surface area contributed by atoms with Crippen LogP contribution in [0.2, 0.25) is 0 Å². The van der Waals surface area contributed by atoms with Crippen LogP contribution < -0.4 is 10.1 Å². The van der Waals surface area contributed by atoms with E-state index in [-0.39, 0.29) is 0 Å². The highest BCUT2D eigenvalue weighted by Crippen LogP contribution is 2.27. The number of hydrogen-bond acceptors (Lipinski definition) is 3. The third kappa shape index (κ3) is 4.62. The summed E-state index contributed by atoms with van der Waals surface area (Å²) >= 11 is 0. The molecule has 1 aromatic heterocycles. The van der Waals surface area contributed by atoms with Crippen LogP contribution in [0.25, 0.3) is 0 Å². The van der Waals surface area contributed by atoms with Crippen molar-refractivity contribution in [3.05, 3.63) is 48.0 Å². The Morgan fingerprint density at radius 1 is 1.33 bits per heavy atom. The van der Waals surface area contributed by atoms with Gasteiger partial charge in [-0.15, -0.1) is 0 Å². The van der Waals surface area contributed by atoms with Gasteiger partial charge in [-0.1, -0.05) is 25.1 Å². The summed E-state index contributed by atoms with van der Waals surface area (Å²) in [5.74, 6) is 2.55. The van der Waals surface area contributed by atoms with Crippen molar-refractivity contribution in [3.8, 4) is 5.75 Å². The van der Waals surface area contributed by atoms with Crippen molar-refractivity contribution in [1.82, 2.24) is 19.8 Å². The molecule has 1 N–H and O–H groups in total. The first-order chi connectivity index (χ1) is 13.1. The molecule has 1 saturated heterocycles. The third-order valence-electron chi connectivity index (χ3n) is 5.38. The van der Waals surface area contributed by atoms with E-state index in [4.69, 9.17) is 4.74 Å². The number of aliphatic imine (C=N–C) groups is 1. The van der Waals surface area contributed by atoms with Crippen LogP contribution >= 0.6 is 0 Å². The van der Waals surface area contributed by atoms with E-state index in [1.165, 1.54) is 11.1 Å². The van der Waals surface area contributed by atoms with Gasteiger partial charge in [-0.2, -0.15) is 0 Å². The van der Waals surface area contributed by atoms with E-state index < -0.39 is 0 Å². The zero-order valence-corrected chi connectivity index (χ0v) is 16.9. The number of benzene rings is 1. The Labute approximate surface area is 162 Å². The highest BCUT2D eigenvalue weighted by Gasteiger charge is 2.28. The topological polar surface area (TPSA) is 54.7 Å². The Morgan fingerprint density at radius 2 is 2.11 bits per heavy atom. The van der Waals surface area contributed by atoms with Crippen LogP contribution in [0.5, 0.6) is 5.75 Å². The molecule has 0 amide bonds. The number of likely N-dealkylation sites (tertiary alicyclic amines) is 1. The molecule has 3 rings (SSSR count). The first kappa shape index (κ1) is 19.3. The van der Waals surface area contributed by atoms with Gasteiger partial charge in [-0.05, 0) is 37.3 Å². The van der Waals surface area contributed by atoms with E-state index >= 15 is 0 Å². The van der Waals surface area contributed by atoms with Crippen molar-refractivity contribution in [2.24, 2.45) is 10.9 Å². The third-order valence-corrected chi connectivity index (χ3v) is 5.38. The van der Waals surface area contributed by atoms with Crippen LogP contribution in [0, 0.1) is 19.8 Å². The molecule has 6 heteroatoms. The molecular weight excluding hydrogens is 338 g/mol. The van der Waals surface area contributed by atoms with Crippen LogP contribution in [0.3, 0.4) is 0 Å². The number of aryl methyl sites for hydroxylation is 2. The molecule has 2 aromatic rings. The maximum absolute atomic E-state index is 6.00. The Hall–Kier alpha value is -2.50. The van der Waals surface area contributed by atoms with Crippen molar-refractivity contribution in [1.29, 1.82) is 0 Å². The number of hydrogen-bond donors (Lipinski definition) is 1. The van der Waals surface area contributed by atoms with Gasteiger partial charge in [0.25, 0.3) is 0 Å². The van der Waals surface area contributed by atoms with E-state index in [1.807, 2.05) is 19.6 Å². The molecule has 0 saturated carbocycles. The number of imidazole rings is 1. The van der Waals surface area contributed by atoms with Crippen LogP contribution in [-0.2, 0) is 0 Å². The summed E-state index contributed by atoms with van der Waals surface area (Å²) in [7, 11) is 1.85. The molecule has 2 atom stereocenters. The Morgan fingerprint density at radius 3 is 2.78 bits per heavy atom. The monoisotopic (exact) mass is 369 g/mol. The first-order valence-electron chi connectivity index (χ1n) is 9.72. The lowest BCUT2D eigenvalue weighted by Gasteiger charge is -2.39. The van der Waals surface area contributed by atoms with E-state index in [0.717, 1.165) is 37.8 Å². The number of piperidine rings is 1. The summed E-state index contributed by atoms with van der Waals surface area (Å²) in [5, 5.41) is 3.46. The minimum Gasteiger partial charge on any atom is -0.491 e. The fourth-order valence-electron chi connectivity index (χ4n) is 3.77. The molecule has 27 heavy (non-hydrogen) atoms. The minimum absolute atomic E-state index is 0.422. The van der Waals surface area contributed by atoms with Crippen molar-refractivity contribution in [3.63, 3.8) is 0 Å². The van der Waals surface area contributed by atoms with Crippen molar-refractivity contribution >= 4 is 5.96 Å². The first-order valence-corrected chi connectivity index (χ1v) is 9.72. The summed E-state index contributed by atoms with van der Waals surface area (Å²) in [5.41, 5.74) is 2.35. The maximum atomic E-state index is 6.00. The number of nitrogens with zero attached hydrogens (tertiary/aromatic N) is 4. The van der Waals surface area contributed by atoms with Crippen molar-refractivity contribution in [2.45, 2.75) is 33.2 Å². The molecule has 0 spiro atoms. The van der Waals surface area contributed by atoms with Gasteiger partial charge >= 0.3 is 0 Å². The number of rotatable bonds is 5. The summed E-state index contributed by atoms with van der Waals surface area (Å²) < 4.78 is 8.21. The average molecular weight is 370 g/mol. The largest absolute Gasteiger partial charge is 0.491 e. The molecule has 146 valence electrons. The smallest absolute Gasteiger partial charge is 0.193 e. The molecule has 2 unspecified atom stereocenters. The number of guanidine groups is 1. The number of nitrogens with one attached hydrogen (secondary N) is 1. The maximum Gasteiger partial charge on any atom is 0.193 e. The van der Waals surface area contributed by atoms with Crippen LogP contribution in [-0.4, -0.2) is 53.7 Å². The SMILES string of the molecule is CN=C(NCCOc1c(C)cccc1C)N1CCC(C)C(n2ccnc2)C1. The van der Waals surface area contributed by atoms with Gasteiger partial charge < -0.3 is 19.5 Å². The van der Waals surface area contributed by atoms with Crippen LogP contribution in [0.1, 0.15) is 30.5 Å². The van der Waals surface area contributed by atoms with Gasteiger partial charge in [-0.25, -0.2) is 4.98 Å². The second kappa shape index (κ2) is 8.93. The number of aromatic nitrogens is 2. The lowest BCUT2D eigenvalue weighted by atomic mass is 9.93. The normalized spacial score (nSPS) is 20.6. The standard InChI is InChI=1S/C21H31N5O/c1-16-8-11-25(14-19(16)26-12-9-23-15-26)21(22-4)24-10-13-27-20-17(2)6-5-7-18(20)3/h5-7,9,12,15-16,19H,8,10-11,13-14H2,1-4H3,(H,22,24). The molecule has 0 bridgehead atoms. The van der Waals surface area contributed by atoms with E-state index in [0.29, 0.717) is 18.6 Å². The zero-order chi connectivity index (χ0) is 19.2. The predicted octanol–water partition coefficient (Wildman–Crippen LogP) is 3.04. The van der Waals surface area contributed by atoms with Gasteiger partial charge in [0.1, 0.15) is 12.4 Å². The Kier molecular flexibility index (Phi) is 6.37. The van der Waals surface area contributed by atoms with Crippen molar-refractivity contribution in [2.75, 3.05) is 33.3 Å². The lowest BCUT2D eigenvalue weighted by Crippen LogP contribution is -2.49. The van der Waals surface area contributed by atoms with Gasteiger partial charge in [0.15, 0.2) is 5.96 Å². The van der Waals surface area contributed by atoms with Gasteiger partial charge in [0.2, 0.25) is 0 Å². The summed E-state index contributed by atoms with van der Waals surface area (Å²) in [6.45, 7) is 9.77. The molecule has 1 aliphatic rings. The predicted molar refractivity (Wildman–Crippen MR) is 109 cm³/mol. The highest BCUT2D eigenvalue weighted by atomic mass is 16.5. The summed E-state index contributed by atoms with van der Waals surface area (Å²) in [6, 6.07) is 6.65. The molecule has 1 aromatic carbocycles. The fourth-order valence-corrected chi connectivity index (χ4v) is 3.77. The van der Waals surface area contributed by atoms with Gasteiger partial charge in [0, 0.05) is 32.5 Å². The molecule has 1 aliphatic heterocycles. The number of para-hydroxylation sites is 1. The highest BCUT2D eigenvalue weighted by molar-refractivity contribution is 5.80. The Balaban J connectivity index is 1.53. The van der Waals surface area contributed by atoms with Gasteiger partial charge in [-0.3, -0.25) is 4.99 Å². The molecule has 1 fully saturated rings. The van der Waals surface area contributed by atoms with Crippen LogP contribution in [0.15, 0.2) is 41.9 Å². The molecular formula is C21H31N5O. The van der Waals surface area contributed by atoms with Gasteiger partial charge in [0.05, 0.1) is 18.9 Å². The fraction of sp³-hybridized carbons (Fsp3) is 0.524. The molecule has 0 aliphatic carbocycles. The van der Waals surface area contributed by atoms with E-state index in [9.17, 15) is 0 Å². The second-order valence-electron chi connectivity index (χ2n) is 7.33. The van der Waals surface area contributed by atoms with E-state index in [1.54, 1.807) is 0 Å². The lowest BCUT2D eigenvalue weighted by molar-refractivity contribution is 0.188. The minimum atomic E-state index is 0.422. The molecule has 0 radical (unpaired) electrons. The Bertz CT molecular complexity index is 736. The zero-order valence-electron chi connectivity index (χ0n) is 16.9. The summed E-state index contributed by atoms with van der Waals surface area (Å²) in [4.78, 5) is 11.0. The summed E-state index contributed by atoms with van der Waals surface area (Å²) in [6.07, 6.45) is 6.96. The second-order valence-corrected chi connectivity index (χ2v) is 7.33. The molecule has 6 nitrogen and oxygen atoms in total. The molecule has 2 heterocycles. The van der Waals surface area contributed by atoms with Crippen LogP contribution in [0.4, 0.5) is 0 Å².